The van der Waals surface area contributed by atoms with Gasteiger partial charge in [-0.1, -0.05) is 43.1 Å². The van der Waals surface area contributed by atoms with E-state index in [9.17, 15) is 4.79 Å². The molecule has 0 bridgehead atoms. The Kier molecular flexibility index (Phi) is 7.01. The zero-order valence-electron chi connectivity index (χ0n) is 17.5. The molecule has 0 N–H and O–H groups in total. The van der Waals surface area contributed by atoms with Crippen molar-refractivity contribution >= 4 is 34.9 Å². The summed E-state index contributed by atoms with van der Waals surface area (Å²) in [5.74, 6) is 2.43. The van der Waals surface area contributed by atoms with E-state index in [1.807, 2.05) is 24.0 Å². The van der Waals surface area contributed by atoms with Gasteiger partial charge in [0.1, 0.15) is 11.6 Å². The van der Waals surface area contributed by atoms with Crippen LogP contribution in [-0.2, 0) is 17.6 Å². The number of hydrogen-bond donors (Lipinski definition) is 0. The number of nitrogens with zero attached hydrogens (tertiary/aromatic N) is 4. The minimum Gasteiger partial charge on any atom is -0.353 e. The van der Waals surface area contributed by atoms with Crippen molar-refractivity contribution in [2.24, 2.45) is 5.92 Å². The number of benzene rings is 1. The van der Waals surface area contributed by atoms with E-state index >= 15 is 0 Å². The van der Waals surface area contributed by atoms with E-state index in [0.29, 0.717) is 35.5 Å². The average molecular weight is 435 g/mol. The van der Waals surface area contributed by atoms with Gasteiger partial charge >= 0.3 is 0 Å². The van der Waals surface area contributed by atoms with Gasteiger partial charge < -0.3 is 9.80 Å². The summed E-state index contributed by atoms with van der Waals surface area (Å²) in [4.78, 5) is 25.6. The molecule has 7 heteroatoms. The third-order valence-electron chi connectivity index (χ3n) is 5.24. The molecule has 0 atom stereocenters. The Labute approximate surface area is 183 Å². The number of aryl methyl sites for hydroxylation is 1. The van der Waals surface area contributed by atoms with E-state index < -0.39 is 0 Å². The van der Waals surface area contributed by atoms with Crippen molar-refractivity contribution in [2.75, 3.05) is 31.1 Å². The Hall–Kier alpha value is -1.85. The summed E-state index contributed by atoms with van der Waals surface area (Å²) >= 11 is 12.5. The quantitative estimate of drug-likeness (QED) is 0.692. The highest BCUT2D eigenvalue weighted by molar-refractivity contribution is 6.35. The molecule has 1 saturated heterocycles. The lowest BCUT2D eigenvalue weighted by Crippen LogP contribution is -2.48. The SMILES string of the molecule is CC(=O)N1CCN(c2nc(CC(C)C)nc(C)c2Cc2ccc(Cl)cc2Cl)CC1. The molecule has 2 heterocycles. The fourth-order valence-electron chi connectivity index (χ4n) is 3.65. The minimum absolute atomic E-state index is 0.122. The van der Waals surface area contributed by atoms with E-state index in [1.165, 1.54) is 0 Å². The monoisotopic (exact) mass is 434 g/mol. The van der Waals surface area contributed by atoms with E-state index in [2.05, 4.69) is 18.7 Å². The van der Waals surface area contributed by atoms with Crippen LogP contribution in [-0.4, -0.2) is 47.0 Å². The molecule has 1 aromatic heterocycles. The highest BCUT2D eigenvalue weighted by Gasteiger charge is 2.24. The molecule has 3 rings (SSSR count). The van der Waals surface area contributed by atoms with Crippen molar-refractivity contribution in [1.29, 1.82) is 0 Å². The summed E-state index contributed by atoms with van der Waals surface area (Å²) in [5, 5.41) is 1.27. The Morgan fingerprint density at radius 1 is 1.14 bits per heavy atom. The van der Waals surface area contributed by atoms with Gasteiger partial charge in [0.2, 0.25) is 5.91 Å². The summed E-state index contributed by atoms with van der Waals surface area (Å²) in [5.41, 5.74) is 3.06. The van der Waals surface area contributed by atoms with Crippen LogP contribution in [0.3, 0.4) is 0 Å². The fourth-order valence-corrected chi connectivity index (χ4v) is 4.13. The highest BCUT2D eigenvalue weighted by atomic mass is 35.5. The van der Waals surface area contributed by atoms with Gasteiger partial charge in [-0.25, -0.2) is 9.97 Å². The maximum atomic E-state index is 11.7. The molecule has 1 amide bonds. The predicted molar refractivity (Wildman–Crippen MR) is 119 cm³/mol. The summed E-state index contributed by atoms with van der Waals surface area (Å²) in [6.07, 6.45) is 1.48. The lowest BCUT2D eigenvalue weighted by atomic mass is 10.0. The van der Waals surface area contributed by atoms with Crippen molar-refractivity contribution in [3.05, 3.63) is 50.9 Å². The number of anilines is 1. The second-order valence-electron chi connectivity index (χ2n) is 8.03. The molecule has 0 aliphatic carbocycles. The fraction of sp³-hybridized carbons (Fsp3) is 0.500. The molecule has 1 fully saturated rings. The second-order valence-corrected chi connectivity index (χ2v) is 8.87. The van der Waals surface area contributed by atoms with Crippen LogP contribution in [0.2, 0.25) is 10.0 Å². The van der Waals surface area contributed by atoms with Crippen LogP contribution in [0.1, 0.15) is 43.4 Å². The van der Waals surface area contributed by atoms with Gasteiger partial charge in [0.25, 0.3) is 0 Å². The second kappa shape index (κ2) is 9.31. The Morgan fingerprint density at radius 2 is 1.83 bits per heavy atom. The number of rotatable bonds is 5. The zero-order chi connectivity index (χ0) is 21.1. The van der Waals surface area contributed by atoms with Crippen molar-refractivity contribution in [3.63, 3.8) is 0 Å². The number of carbonyl (C=O) groups is 1. The van der Waals surface area contributed by atoms with Crippen molar-refractivity contribution in [1.82, 2.24) is 14.9 Å². The van der Waals surface area contributed by atoms with Crippen molar-refractivity contribution in [3.8, 4) is 0 Å². The van der Waals surface area contributed by atoms with Crippen LogP contribution in [0.5, 0.6) is 0 Å². The lowest BCUT2D eigenvalue weighted by Gasteiger charge is -2.36. The standard InChI is InChI=1S/C22H28Cl2N4O/c1-14(2)11-21-25-15(3)19(12-17-5-6-18(23)13-20(17)24)22(26-21)28-9-7-27(8-10-28)16(4)29/h5-6,13-14H,7-12H2,1-4H3. The molecule has 0 saturated carbocycles. The number of aromatic nitrogens is 2. The van der Waals surface area contributed by atoms with Crippen molar-refractivity contribution in [2.45, 2.75) is 40.5 Å². The van der Waals surface area contributed by atoms with E-state index in [1.54, 1.807) is 13.0 Å². The van der Waals surface area contributed by atoms with Gasteiger partial charge in [-0.05, 0) is 30.5 Å². The van der Waals surface area contributed by atoms with Crippen LogP contribution in [0.15, 0.2) is 18.2 Å². The first-order valence-electron chi connectivity index (χ1n) is 10.1. The lowest BCUT2D eigenvalue weighted by molar-refractivity contribution is -0.129. The Bertz CT molecular complexity index is 893. The van der Waals surface area contributed by atoms with Gasteiger partial charge in [0, 0.05) is 67.2 Å². The summed E-state index contributed by atoms with van der Waals surface area (Å²) in [6.45, 7) is 10.9. The molecular weight excluding hydrogens is 407 g/mol. The Balaban J connectivity index is 1.96. The molecule has 1 aromatic carbocycles. The number of carbonyl (C=O) groups excluding carboxylic acids is 1. The maximum absolute atomic E-state index is 11.7. The van der Waals surface area contributed by atoms with Gasteiger partial charge in [-0.3, -0.25) is 4.79 Å². The molecule has 1 aliphatic heterocycles. The summed E-state index contributed by atoms with van der Waals surface area (Å²) in [7, 11) is 0. The first-order valence-corrected chi connectivity index (χ1v) is 10.8. The van der Waals surface area contributed by atoms with Gasteiger partial charge in [0.05, 0.1) is 0 Å². The number of amides is 1. The normalized spacial score (nSPS) is 14.6. The first-order chi connectivity index (χ1) is 13.7. The van der Waals surface area contributed by atoms with E-state index in [-0.39, 0.29) is 5.91 Å². The third-order valence-corrected chi connectivity index (χ3v) is 5.82. The molecule has 1 aliphatic rings. The first kappa shape index (κ1) is 21.8. The van der Waals surface area contributed by atoms with Gasteiger partial charge in [-0.15, -0.1) is 0 Å². The molecule has 5 nitrogen and oxygen atoms in total. The van der Waals surface area contributed by atoms with E-state index in [4.69, 9.17) is 33.2 Å². The average Bonchev–Trinajstić information content (AvgIpc) is 2.65. The van der Waals surface area contributed by atoms with Crippen LogP contribution >= 0.6 is 23.2 Å². The molecule has 29 heavy (non-hydrogen) atoms. The molecule has 156 valence electrons. The molecule has 0 radical (unpaired) electrons. The van der Waals surface area contributed by atoms with E-state index in [0.717, 1.165) is 48.0 Å². The largest absolute Gasteiger partial charge is 0.353 e. The maximum Gasteiger partial charge on any atom is 0.219 e. The smallest absolute Gasteiger partial charge is 0.219 e. The topological polar surface area (TPSA) is 49.3 Å². The molecule has 0 unspecified atom stereocenters. The van der Waals surface area contributed by atoms with Crippen LogP contribution in [0, 0.1) is 12.8 Å². The minimum atomic E-state index is 0.122. The van der Waals surface area contributed by atoms with Crippen LogP contribution < -0.4 is 4.90 Å². The molecule has 0 spiro atoms. The molecule has 2 aromatic rings. The summed E-state index contributed by atoms with van der Waals surface area (Å²) < 4.78 is 0. The van der Waals surface area contributed by atoms with Crippen molar-refractivity contribution < 1.29 is 4.79 Å². The predicted octanol–water partition coefficient (Wildman–Crippen LogP) is 4.55. The van der Waals surface area contributed by atoms with Crippen LogP contribution in [0.4, 0.5) is 5.82 Å². The zero-order valence-corrected chi connectivity index (χ0v) is 19.0. The number of hydrogen-bond acceptors (Lipinski definition) is 4. The number of piperazine rings is 1. The van der Waals surface area contributed by atoms with Gasteiger partial charge in [-0.2, -0.15) is 0 Å². The van der Waals surface area contributed by atoms with Crippen LogP contribution in [0.25, 0.3) is 0 Å². The number of halogens is 2. The third kappa shape index (κ3) is 5.40. The van der Waals surface area contributed by atoms with Gasteiger partial charge in [0.15, 0.2) is 0 Å². The molecular formula is C22H28Cl2N4O. The summed E-state index contributed by atoms with van der Waals surface area (Å²) in [6, 6.07) is 5.59. The highest BCUT2D eigenvalue weighted by Crippen LogP contribution is 2.29. The Morgan fingerprint density at radius 3 is 2.41 bits per heavy atom.